The first-order valence-electron chi connectivity index (χ1n) is 8.80. The Morgan fingerprint density at radius 1 is 1.21 bits per heavy atom. The van der Waals surface area contributed by atoms with Crippen molar-refractivity contribution in [3.63, 3.8) is 0 Å². The average molecular weight is 330 g/mol. The van der Waals surface area contributed by atoms with Gasteiger partial charge in [0.25, 0.3) is 0 Å². The van der Waals surface area contributed by atoms with E-state index < -0.39 is 0 Å². The van der Waals surface area contributed by atoms with Gasteiger partial charge in [-0.1, -0.05) is 12.1 Å². The van der Waals surface area contributed by atoms with E-state index in [1.165, 1.54) is 0 Å². The van der Waals surface area contributed by atoms with Crippen LogP contribution in [0.2, 0.25) is 0 Å². The lowest BCUT2D eigenvalue weighted by molar-refractivity contribution is -0.122. The number of benzene rings is 1. The van der Waals surface area contributed by atoms with Crippen molar-refractivity contribution in [1.82, 2.24) is 16.0 Å². The number of amides is 3. The van der Waals surface area contributed by atoms with Gasteiger partial charge in [0, 0.05) is 24.2 Å². The van der Waals surface area contributed by atoms with Crippen LogP contribution in [0.1, 0.15) is 50.6 Å². The summed E-state index contributed by atoms with van der Waals surface area (Å²) in [7, 11) is 0. The van der Waals surface area contributed by atoms with Crippen molar-refractivity contribution in [2.45, 2.75) is 57.2 Å². The van der Waals surface area contributed by atoms with E-state index in [0.717, 1.165) is 43.5 Å². The molecule has 1 aromatic carbocycles. The number of carbonyl (C=O) groups is 2. The molecule has 0 bridgehead atoms. The maximum atomic E-state index is 12.1. The number of hydrogen-bond donors (Lipinski definition) is 4. The number of urea groups is 1. The van der Waals surface area contributed by atoms with Crippen molar-refractivity contribution in [2.24, 2.45) is 0 Å². The maximum Gasteiger partial charge on any atom is 0.319 e. The molecule has 24 heavy (non-hydrogen) atoms. The van der Waals surface area contributed by atoms with Crippen LogP contribution in [0.25, 0.3) is 0 Å². The molecule has 1 heterocycles. The fourth-order valence-corrected chi connectivity index (χ4v) is 2.97. The van der Waals surface area contributed by atoms with Crippen LogP contribution in [0.3, 0.4) is 0 Å². The van der Waals surface area contributed by atoms with E-state index in [9.17, 15) is 9.59 Å². The molecular weight excluding hydrogens is 304 g/mol. The number of carbonyl (C=O) groups excluding carboxylic acids is 2. The largest absolute Gasteiger partial charge is 0.350 e. The summed E-state index contributed by atoms with van der Waals surface area (Å²) in [4.78, 5) is 23.8. The third-order valence-corrected chi connectivity index (χ3v) is 4.55. The third kappa shape index (κ3) is 4.96. The van der Waals surface area contributed by atoms with E-state index in [0.29, 0.717) is 18.5 Å². The van der Waals surface area contributed by atoms with Crippen LogP contribution in [0, 0.1) is 0 Å². The van der Waals surface area contributed by atoms with Gasteiger partial charge in [-0.3, -0.25) is 4.79 Å². The molecular formula is C18H26N4O2. The van der Waals surface area contributed by atoms with Crippen LogP contribution in [-0.2, 0) is 4.79 Å². The Morgan fingerprint density at radius 3 is 2.58 bits per heavy atom. The normalized spacial score (nSPS) is 21.1. The zero-order valence-corrected chi connectivity index (χ0v) is 14.1. The lowest BCUT2D eigenvalue weighted by Gasteiger charge is -2.17. The minimum Gasteiger partial charge on any atom is -0.350 e. The molecule has 0 spiro atoms. The van der Waals surface area contributed by atoms with Gasteiger partial charge in [0.05, 0.1) is 6.04 Å². The summed E-state index contributed by atoms with van der Waals surface area (Å²) in [5.41, 5.74) is 1.78. The van der Waals surface area contributed by atoms with Gasteiger partial charge >= 0.3 is 6.03 Å². The quantitative estimate of drug-likeness (QED) is 0.646. The van der Waals surface area contributed by atoms with Crippen molar-refractivity contribution in [3.05, 3.63) is 29.8 Å². The summed E-state index contributed by atoms with van der Waals surface area (Å²) in [5.74, 6) is 0.0768. The molecule has 1 saturated carbocycles. The minimum atomic E-state index is -0.157. The van der Waals surface area contributed by atoms with Crippen LogP contribution in [0.4, 0.5) is 10.5 Å². The molecule has 0 radical (unpaired) electrons. The van der Waals surface area contributed by atoms with Crippen molar-refractivity contribution >= 4 is 17.6 Å². The Labute approximate surface area is 142 Å². The lowest BCUT2D eigenvalue weighted by atomic mass is 10.1. The molecule has 2 atom stereocenters. The highest BCUT2D eigenvalue weighted by Crippen LogP contribution is 2.20. The molecule has 3 amide bonds. The summed E-state index contributed by atoms with van der Waals surface area (Å²) in [6, 6.07) is 8.05. The van der Waals surface area contributed by atoms with Crippen molar-refractivity contribution < 1.29 is 9.59 Å². The molecule has 1 aliphatic carbocycles. The summed E-state index contributed by atoms with van der Waals surface area (Å²) >= 11 is 0. The number of nitrogens with one attached hydrogen (secondary N) is 4. The summed E-state index contributed by atoms with van der Waals surface area (Å²) in [5, 5.41) is 12.1. The van der Waals surface area contributed by atoms with Gasteiger partial charge in [-0.05, 0) is 56.8 Å². The first-order valence-corrected chi connectivity index (χ1v) is 8.80. The minimum absolute atomic E-state index is 0.0479. The van der Waals surface area contributed by atoms with E-state index in [1.54, 1.807) is 0 Å². The van der Waals surface area contributed by atoms with Crippen LogP contribution in [-0.4, -0.2) is 30.6 Å². The van der Waals surface area contributed by atoms with Crippen molar-refractivity contribution in [2.75, 3.05) is 11.9 Å². The fourth-order valence-electron chi connectivity index (χ4n) is 2.97. The topological polar surface area (TPSA) is 82.3 Å². The van der Waals surface area contributed by atoms with Gasteiger partial charge < -0.3 is 21.3 Å². The third-order valence-electron chi connectivity index (χ3n) is 4.55. The number of anilines is 1. The van der Waals surface area contributed by atoms with Gasteiger partial charge in [0.2, 0.25) is 5.91 Å². The highest BCUT2D eigenvalue weighted by Gasteiger charge is 2.23. The molecule has 2 aliphatic rings. The second kappa shape index (κ2) is 7.66. The monoisotopic (exact) mass is 330 g/mol. The Kier molecular flexibility index (Phi) is 5.35. The number of hydrogen-bond acceptors (Lipinski definition) is 3. The van der Waals surface area contributed by atoms with Gasteiger partial charge in [0.1, 0.15) is 0 Å². The number of rotatable bonds is 6. The molecule has 130 valence electrons. The Morgan fingerprint density at radius 2 is 1.96 bits per heavy atom. The first kappa shape index (κ1) is 16.8. The fraction of sp³-hybridized carbons (Fsp3) is 0.556. The van der Waals surface area contributed by atoms with Gasteiger partial charge in [-0.15, -0.1) is 0 Å². The Bertz CT molecular complexity index is 577. The van der Waals surface area contributed by atoms with Gasteiger partial charge in [0.15, 0.2) is 0 Å². The molecule has 1 aromatic rings. The molecule has 2 unspecified atom stereocenters. The molecule has 3 rings (SSSR count). The molecule has 2 fully saturated rings. The molecule has 4 N–H and O–H groups in total. The predicted molar refractivity (Wildman–Crippen MR) is 93.8 cm³/mol. The maximum absolute atomic E-state index is 12.1. The van der Waals surface area contributed by atoms with Crippen LogP contribution < -0.4 is 21.3 Å². The summed E-state index contributed by atoms with van der Waals surface area (Å²) in [6.45, 7) is 2.98. The Balaban J connectivity index is 1.46. The van der Waals surface area contributed by atoms with Crippen molar-refractivity contribution in [1.29, 1.82) is 0 Å². The van der Waals surface area contributed by atoms with E-state index >= 15 is 0 Å². The van der Waals surface area contributed by atoms with E-state index in [4.69, 9.17) is 0 Å². The average Bonchev–Trinajstić information content (AvgIpc) is 3.20. The van der Waals surface area contributed by atoms with E-state index in [1.807, 2.05) is 31.2 Å². The van der Waals surface area contributed by atoms with Gasteiger partial charge in [-0.25, -0.2) is 4.79 Å². The smallest absolute Gasteiger partial charge is 0.319 e. The second-order valence-corrected chi connectivity index (χ2v) is 6.78. The standard InChI is InChI=1S/C18H26N4O2/c1-12(20-17(23)11-16-3-2-10-19-16)13-4-6-14(7-5-13)21-18(24)22-15-8-9-15/h4-7,12,15-16,19H,2-3,8-11H2,1H3,(H,20,23)(H2,21,22,24). The summed E-state index contributed by atoms with van der Waals surface area (Å²) in [6.07, 6.45) is 4.90. The highest BCUT2D eigenvalue weighted by atomic mass is 16.2. The van der Waals surface area contributed by atoms with Crippen LogP contribution in [0.5, 0.6) is 0 Å². The highest BCUT2D eigenvalue weighted by molar-refractivity contribution is 5.89. The van der Waals surface area contributed by atoms with E-state index in [-0.39, 0.29) is 18.0 Å². The zero-order valence-electron chi connectivity index (χ0n) is 14.1. The van der Waals surface area contributed by atoms with Crippen LogP contribution >= 0.6 is 0 Å². The zero-order chi connectivity index (χ0) is 16.9. The molecule has 0 aromatic heterocycles. The van der Waals surface area contributed by atoms with Gasteiger partial charge in [-0.2, -0.15) is 0 Å². The molecule has 6 nitrogen and oxygen atoms in total. The Hall–Kier alpha value is -2.08. The molecule has 1 aliphatic heterocycles. The summed E-state index contributed by atoms with van der Waals surface area (Å²) < 4.78 is 0. The van der Waals surface area contributed by atoms with E-state index in [2.05, 4.69) is 21.3 Å². The second-order valence-electron chi connectivity index (χ2n) is 6.78. The van der Waals surface area contributed by atoms with Crippen LogP contribution in [0.15, 0.2) is 24.3 Å². The lowest BCUT2D eigenvalue weighted by Crippen LogP contribution is -2.33. The predicted octanol–water partition coefficient (Wildman–Crippen LogP) is 2.29. The first-order chi connectivity index (χ1) is 11.6. The SMILES string of the molecule is CC(NC(=O)CC1CCCN1)c1ccc(NC(=O)NC2CC2)cc1. The molecule has 6 heteroatoms. The van der Waals surface area contributed by atoms with Crippen molar-refractivity contribution in [3.8, 4) is 0 Å². The molecule has 1 saturated heterocycles.